The van der Waals surface area contributed by atoms with Crippen LogP contribution in [0.25, 0.3) is 0 Å². The third kappa shape index (κ3) is 15.3. The molecule has 16 atom stereocenters. The highest BCUT2D eigenvalue weighted by molar-refractivity contribution is 6.39. The summed E-state index contributed by atoms with van der Waals surface area (Å²) in [5.41, 5.74) is 1.05. The van der Waals surface area contributed by atoms with Crippen LogP contribution < -0.4 is 0 Å². The predicted octanol–water partition coefficient (Wildman–Crippen LogP) is 6.44. The Morgan fingerprint density at radius 2 is 1.61 bits per heavy atom. The lowest BCUT2D eigenvalue weighted by Gasteiger charge is -2.42. The van der Waals surface area contributed by atoms with Crippen molar-refractivity contribution in [2.45, 2.75) is 181 Å². The fourth-order valence-corrected chi connectivity index (χ4v) is 10.3. The highest BCUT2D eigenvalue weighted by Crippen LogP contribution is 2.38. The summed E-state index contributed by atoms with van der Waals surface area (Å²) in [5, 5.41) is 33.0. The van der Waals surface area contributed by atoms with Crippen LogP contribution in [-0.2, 0) is 52.4 Å². The first-order valence-corrected chi connectivity index (χ1v) is 25.1. The molecule has 15 nitrogen and oxygen atoms in total. The number of ketones is 3. The van der Waals surface area contributed by atoms with Crippen molar-refractivity contribution in [3.8, 4) is 0 Å². The standard InChI is InChI=1S/C54H85NO14/c1-32-17-13-12-14-18-33(2)45(64-9)30-41-22-20-37(6)54(63,69-41)51(60)52(61)55-24-16-15-19-42(55)53(62)68-46(35(4)28-40-21-23-44(67-26-25-56)47(29-40)65-10)31-43(57)34(3)27-36(5)48(58)50(66-11)49(59)39(8)38(32)7/h12-14,17-18,27,32,34-35,37-42,44-48,50,56,58,63H,15-16,19-26,28-31H2,1-11H3/b14-12+,17-13+,33-18+,36-27+/t32-,34-,35-,37-,38?,39-,40+,41+,42+,44-,45+,46+,47-,48-,50-,54-/m1/s1/i32D,38D. The molecule has 3 heterocycles. The van der Waals surface area contributed by atoms with Crippen molar-refractivity contribution in [3.05, 3.63) is 47.6 Å². The Morgan fingerprint density at radius 3 is 2.28 bits per heavy atom. The van der Waals surface area contributed by atoms with Gasteiger partial charge in [0, 0.05) is 61.2 Å². The number of amides is 1. The van der Waals surface area contributed by atoms with Crippen molar-refractivity contribution < 1.29 is 70.5 Å². The molecule has 0 aromatic carbocycles. The van der Waals surface area contributed by atoms with Crippen molar-refractivity contribution in [3.63, 3.8) is 0 Å². The van der Waals surface area contributed by atoms with Gasteiger partial charge < -0.3 is 48.6 Å². The molecule has 1 amide bonds. The van der Waals surface area contributed by atoms with Crippen molar-refractivity contribution in [1.29, 1.82) is 0 Å². The first kappa shape index (κ1) is 54.9. The van der Waals surface area contributed by atoms with Gasteiger partial charge in [0.15, 0.2) is 5.78 Å². The van der Waals surface area contributed by atoms with Crippen LogP contribution in [0.1, 0.15) is 129 Å². The molecular formula is C54H85NO14. The lowest BCUT2D eigenvalue weighted by atomic mass is 9.78. The van der Waals surface area contributed by atoms with Gasteiger partial charge in [-0.15, -0.1) is 0 Å². The zero-order chi connectivity index (χ0) is 53.0. The van der Waals surface area contributed by atoms with E-state index < -0.39 is 95.3 Å². The molecular weight excluding hydrogens is 887 g/mol. The van der Waals surface area contributed by atoms with Crippen LogP contribution in [0.5, 0.6) is 0 Å². The van der Waals surface area contributed by atoms with E-state index in [2.05, 4.69) is 0 Å². The number of aliphatic hydroxyl groups excluding tert-OH is 2. The Morgan fingerprint density at radius 1 is 0.884 bits per heavy atom. The van der Waals surface area contributed by atoms with Gasteiger partial charge in [0.2, 0.25) is 5.79 Å². The van der Waals surface area contributed by atoms with E-state index in [0.717, 1.165) is 12.0 Å². The van der Waals surface area contributed by atoms with Crippen LogP contribution in [-0.4, -0.2) is 145 Å². The number of ether oxygens (including phenoxy) is 6. The Hall–Kier alpha value is -3.41. The monoisotopic (exact) mass is 974 g/mol. The van der Waals surface area contributed by atoms with E-state index in [1.807, 2.05) is 19.9 Å². The quantitative estimate of drug-likeness (QED) is 0.129. The highest BCUT2D eigenvalue weighted by atomic mass is 16.6. The molecule has 0 spiro atoms. The van der Waals surface area contributed by atoms with E-state index in [-0.39, 0.29) is 74.4 Å². The van der Waals surface area contributed by atoms with Gasteiger partial charge in [0.05, 0.1) is 37.6 Å². The molecule has 4 aliphatic rings. The van der Waals surface area contributed by atoms with Gasteiger partial charge in [-0.25, -0.2) is 4.79 Å². The first-order valence-electron chi connectivity index (χ1n) is 26.1. The number of hydrogen-bond acceptors (Lipinski definition) is 14. The summed E-state index contributed by atoms with van der Waals surface area (Å²) in [4.78, 5) is 72.6. The Kier molecular flexibility index (Phi) is 21.8. The molecule has 0 aromatic heterocycles. The lowest BCUT2D eigenvalue weighted by Crippen LogP contribution is -2.61. The number of cyclic esters (lactones) is 1. The number of esters is 1. The fraction of sp³-hybridized carbons (Fsp3) is 0.759. The van der Waals surface area contributed by atoms with Gasteiger partial charge >= 0.3 is 5.97 Å². The van der Waals surface area contributed by atoms with E-state index in [9.17, 15) is 40.7 Å². The molecule has 0 radical (unpaired) electrons. The number of fused-ring (bicyclic) bond motifs is 3. The van der Waals surface area contributed by atoms with Crippen LogP contribution in [0.2, 0.25) is 0 Å². The van der Waals surface area contributed by atoms with E-state index >= 15 is 0 Å². The smallest absolute Gasteiger partial charge is 0.329 e. The van der Waals surface area contributed by atoms with Crippen LogP contribution in [0.4, 0.5) is 0 Å². The molecule has 0 aromatic rings. The third-order valence-corrected chi connectivity index (χ3v) is 15.3. The molecule has 390 valence electrons. The average Bonchev–Trinajstić information content (AvgIpc) is 3.34. The van der Waals surface area contributed by atoms with Crippen molar-refractivity contribution in [1.82, 2.24) is 4.90 Å². The number of hydrogen-bond donors (Lipinski definition) is 3. The molecule has 3 aliphatic heterocycles. The SMILES string of the molecule is [2H]C1(C)[C@@H](C)C(=O)[C@H](OC)[C@H](O)/C(C)=C/[C@@H](C)C(=O)C[C@@H]([C@H](C)C[C@@H]2CC[C@@H](OCCO)[C@H](OC)C2)OC(=O)[C@@H]2CCCCN2C(=O)C(=O)[C@]2(O)O[C@@H](CC[C@H]2C)C[C@H](OC)/C(C)=C/C=C/C=C/[C@@]1([2H])C. The molecule has 1 aliphatic carbocycles. The number of rotatable bonds is 9. The van der Waals surface area contributed by atoms with Gasteiger partial charge in [-0.3, -0.25) is 19.2 Å². The predicted molar refractivity (Wildman–Crippen MR) is 261 cm³/mol. The summed E-state index contributed by atoms with van der Waals surface area (Å²) >= 11 is 0. The third-order valence-electron chi connectivity index (χ3n) is 15.3. The number of aliphatic hydroxyl groups is 3. The maximum Gasteiger partial charge on any atom is 0.329 e. The second-order valence-corrected chi connectivity index (χ2v) is 20.1. The van der Waals surface area contributed by atoms with Crippen LogP contribution in [0.3, 0.4) is 0 Å². The number of nitrogens with zero attached hydrogens (tertiary/aromatic N) is 1. The second kappa shape index (κ2) is 27.4. The molecule has 4 rings (SSSR count). The van der Waals surface area contributed by atoms with Crippen LogP contribution >= 0.6 is 0 Å². The molecule has 69 heavy (non-hydrogen) atoms. The summed E-state index contributed by atoms with van der Waals surface area (Å²) in [5.74, 6) is -12.6. The minimum Gasteiger partial charge on any atom is -0.460 e. The van der Waals surface area contributed by atoms with Gasteiger partial charge in [-0.05, 0) is 106 Å². The average molecular weight is 974 g/mol. The minimum atomic E-state index is -2.48. The van der Waals surface area contributed by atoms with E-state index in [4.69, 9.17) is 29.8 Å². The maximum absolute atomic E-state index is 14.5. The zero-order valence-electron chi connectivity index (χ0n) is 45.1. The largest absolute Gasteiger partial charge is 0.460 e. The summed E-state index contributed by atoms with van der Waals surface area (Å²) < 4.78 is 54.0. The Balaban J connectivity index is 1.75. The summed E-state index contributed by atoms with van der Waals surface area (Å²) in [6, 6.07) is -1.18. The van der Waals surface area contributed by atoms with Gasteiger partial charge in [-0.2, -0.15) is 0 Å². The number of methoxy groups -OCH3 is 3. The van der Waals surface area contributed by atoms with Gasteiger partial charge in [-0.1, -0.05) is 78.0 Å². The number of carbonyl (C=O) groups excluding carboxylic acids is 5. The van der Waals surface area contributed by atoms with E-state index in [1.54, 1.807) is 59.1 Å². The van der Waals surface area contributed by atoms with Gasteiger partial charge in [0.25, 0.3) is 11.7 Å². The summed E-state index contributed by atoms with van der Waals surface area (Å²) in [6.07, 6.45) is 9.16. The maximum atomic E-state index is 14.5. The molecule has 1 unspecified atom stereocenters. The summed E-state index contributed by atoms with van der Waals surface area (Å²) in [6.45, 7) is 13.3. The number of piperidine rings is 1. The lowest BCUT2D eigenvalue weighted by molar-refractivity contribution is -0.265. The second-order valence-electron chi connectivity index (χ2n) is 20.1. The Bertz CT molecular complexity index is 1950. The van der Waals surface area contributed by atoms with E-state index in [1.165, 1.54) is 39.0 Å². The minimum absolute atomic E-state index is 0.0606. The zero-order valence-corrected chi connectivity index (χ0v) is 43.1. The molecule has 15 heteroatoms. The van der Waals surface area contributed by atoms with Gasteiger partial charge in [0.1, 0.15) is 30.1 Å². The Labute approximate surface area is 414 Å². The van der Waals surface area contributed by atoms with Crippen molar-refractivity contribution >= 4 is 29.2 Å². The topological polar surface area (TPSA) is 205 Å². The normalized spacial score (nSPS) is 42.4. The molecule has 3 N–H and O–H groups in total. The van der Waals surface area contributed by atoms with Crippen molar-refractivity contribution in [2.75, 3.05) is 41.1 Å². The van der Waals surface area contributed by atoms with E-state index in [0.29, 0.717) is 44.9 Å². The first-order chi connectivity index (χ1) is 33.4. The highest BCUT2D eigenvalue weighted by Gasteiger charge is 2.53. The molecule has 1 saturated carbocycles. The molecule has 3 fully saturated rings. The number of allylic oxidation sites excluding steroid dienone is 6. The molecule has 2 saturated heterocycles. The van der Waals surface area contributed by atoms with Crippen molar-refractivity contribution in [2.24, 2.45) is 41.4 Å². The number of carbonyl (C=O) groups is 5. The molecule has 2 bridgehead atoms. The van der Waals surface area contributed by atoms with Crippen LogP contribution in [0, 0.1) is 41.4 Å². The van der Waals surface area contributed by atoms with Crippen LogP contribution in [0.15, 0.2) is 47.6 Å². The number of Topliss-reactive ketones (excluding diaryl/α,β-unsaturated/α-hetero) is 3. The fourth-order valence-electron chi connectivity index (χ4n) is 10.3. The summed E-state index contributed by atoms with van der Waals surface area (Å²) in [7, 11) is 4.43.